The van der Waals surface area contributed by atoms with Crippen LogP contribution in [0.25, 0.3) is 0 Å². The summed E-state index contributed by atoms with van der Waals surface area (Å²) < 4.78 is 5.38. The molecule has 1 aliphatic rings. The third-order valence-electron chi connectivity index (χ3n) is 3.87. The molecule has 5 nitrogen and oxygen atoms in total. The van der Waals surface area contributed by atoms with Crippen LogP contribution in [0.5, 0.6) is 5.75 Å². The molecule has 1 aliphatic carbocycles. The summed E-state index contributed by atoms with van der Waals surface area (Å²) in [7, 11) is 0. The van der Waals surface area contributed by atoms with E-state index in [4.69, 9.17) is 4.74 Å². The van der Waals surface area contributed by atoms with Gasteiger partial charge in [-0.1, -0.05) is 6.07 Å². The van der Waals surface area contributed by atoms with Crippen LogP contribution in [-0.4, -0.2) is 24.2 Å². The van der Waals surface area contributed by atoms with Gasteiger partial charge in [-0.2, -0.15) is 0 Å². The average Bonchev–Trinajstić information content (AvgIpc) is 3.47. The first-order valence-corrected chi connectivity index (χ1v) is 9.69. The molecule has 6 heteroatoms. The van der Waals surface area contributed by atoms with Crippen molar-refractivity contribution in [3.63, 3.8) is 0 Å². The van der Waals surface area contributed by atoms with E-state index in [1.165, 1.54) is 11.8 Å². The molecule has 136 valence electrons. The molecule has 2 N–H and O–H groups in total. The lowest BCUT2D eigenvalue weighted by molar-refractivity contribution is -0.117. The Bertz CT molecular complexity index is 773. The maximum atomic E-state index is 12.1. The van der Waals surface area contributed by atoms with Gasteiger partial charge in [0.25, 0.3) is 0 Å². The van der Waals surface area contributed by atoms with Gasteiger partial charge < -0.3 is 15.4 Å². The van der Waals surface area contributed by atoms with E-state index in [1.54, 1.807) is 0 Å². The molecule has 0 heterocycles. The van der Waals surface area contributed by atoms with Crippen LogP contribution in [0.3, 0.4) is 0 Å². The number of ether oxygens (including phenoxy) is 1. The van der Waals surface area contributed by atoms with E-state index in [-0.39, 0.29) is 17.7 Å². The van der Waals surface area contributed by atoms with Crippen LogP contribution in [0.1, 0.15) is 19.8 Å². The van der Waals surface area contributed by atoms with Crippen LogP contribution in [0, 0.1) is 5.92 Å². The molecule has 2 aromatic rings. The number of carbonyl (C=O) groups is 2. The minimum absolute atomic E-state index is 0.0772. The number of rotatable bonds is 8. The van der Waals surface area contributed by atoms with Gasteiger partial charge in [-0.25, -0.2) is 0 Å². The Kier molecular flexibility index (Phi) is 6.17. The zero-order valence-electron chi connectivity index (χ0n) is 14.7. The molecule has 0 aromatic heterocycles. The third-order valence-corrected chi connectivity index (χ3v) is 4.86. The first-order valence-electron chi connectivity index (χ1n) is 8.70. The second kappa shape index (κ2) is 8.76. The smallest absolute Gasteiger partial charge is 0.234 e. The molecule has 0 saturated heterocycles. The fraction of sp³-hybridized carbons (Fsp3) is 0.300. The molecular weight excluding hydrogens is 348 g/mol. The highest BCUT2D eigenvalue weighted by Gasteiger charge is 2.29. The summed E-state index contributed by atoms with van der Waals surface area (Å²) in [6.45, 7) is 2.54. The van der Waals surface area contributed by atoms with Crippen molar-refractivity contribution in [3.8, 4) is 5.75 Å². The molecule has 1 saturated carbocycles. The summed E-state index contributed by atoms with van der Waals surface area (Å²) >= 11 is 1.44. The number of carbonyl (C=O) groups excluding carboxylic acids is 2. The zero-order chi connectivity index (χ0) is 18.4. The van der Waals surface area contributed by atoms with Crippen LogP contribution in [0.15, 0.2) is 53.4 Å². The maximum Gasteiger partial charge on any atom is 0.234 e. The first-order chi connectivity index (χ1) is 12.6. The molecule has 0 atom stereocenters. The Balaban J connectivity index is 1.48. The quantitative estimate of drug-likeness (QED) is 0.685. The van der Waals surface area contributed by atoms with Crippen molar-refractivity contribution in [1.29, 1.82) is 0 Å². The number of thioether (sulfide) groups is 1. The van der Waals surface area contributed by atoms with Crippen molar-refractivity contribution >= 4 is 35.0 Å². The van der Waals surface area contributed by atoms with Gasteiger partial charge in [0.15, 0.2) is 0 Å². The summed E-state index contributed by atoms with van der Waals surface area (Å²) in [5, 5.41) is 5.79. The van der Waals surface area contributed by atoms with Gasteiger partial charge in [0.05, 0.1) is 12.4 Å². The van der Waals surface area contributed by atoms with Crippen molar-refractivity contribution in [1.82, 2.24) is 0 Å². The van der Waals surface area contributed by atoms with E-state index >= 15 is 0 Å². The molecular formula is C20H22N2O3S. The Labute approximate surface area is 157 Å². The van der Waals surface area contributed by atoms with Crippen molar-refractivity contribution in [2.24, 2.45) is 5.92 Å². The van der Waals surface area contributed by atoms with Crippen molar-refractivity contribution < 1.29 is 14.3 Å². The Hall–Kier alpha value is -2.47. The SMILES string of the molecule is CCOc1ccc(NC(=O)CSc2cccc(NC(=O)C3CC3)c2)cc1. The van der Waals surface area contributed by atoms with Gasteiger partial charge in [-0.05, 0) is 62.2 Å². The van der Waals surface area contributed by atoms with Gasteiger partial charge in [-0.3, -0.25) is 9.59 Å². The summed E-state index contributed by atoms with van der Waals surface area (Å²) in [6, 6.07) is 14.9. The topological polar surface area (TPSA) is 67.4 Å². The largest absolute Gasteiger partial charge is 0.494 e. The van der Waals surface area contributed by atoms with E-state index in [2.05, 4.69) is 10.6 Å². The minimum atomic E-state index is -0.0772. The number of anilines is 2. The second-order valence-electron chi connectivity index (χ2n) is 6.09. The number of hydrogen-bond acceptors (Lipinski definition) is 4. The second-order valence-corrected chi connectivity index (χ2v) is 7.13. The van der Waals surface area contributed by atoms with Gasteiger partial charge in [-0.15, -0.1) is 11.8 Å². The number of amides is 2. The summed E-state index contributed by atoms with van der Waals surface area (Å²) in [4.78, 5) is 24.9. The lowest BCUT2D eigenvalue weighted by Crippen LogP contribution is -2.14. The summed E-state index contributed by atoms with van der Waals surface area (Å²) in [5.74, 6) is 1.26. The van der Waals surface area contributed by atoms with Crippen LogP contribution in [0.2, 0.25) is 0 Å². The lowest BCUT2D eigenvalue weighted by Gasteiger charge is -2.08. The fourth-order valence-corrected chi connectivity index (χ4v) is 3.16. The maximum absolute atomic E-state index is 12.1. The molecule has 1 fully saturated rings. The van der Waals surface area contributed by atoms with Gasteiger partial charge in [0.2, 0.25) is 11.8 Å². The molecule has 2 aromatic carbocycles. The molecule has 0 aliphatic heterocycles. The minimum Gasteiger partial charge on any atom is -0.494 e. The van der Waals surface area contributed by atoms with Gasteiger partial charge in [0.1, 0.15) is 5.75 Å². The highest BCUT2D eigenvalue weighted by Crippen LogP contribution is 2.30. The Morgan fingerprint density at radius 3 is 2.54 bits per heavy atom. The molecule has 26 heavy (non-hydrogen) atoms. The normalized spacial score (nSPS) is 13.1. The molecule has 0 spiro atoms. The third kappa shape index (κ3) is 5.52. The highest BCUT2D eigenvalue weighted by atomic mass is 32.2. The van der Waals surface area contributed by atoms with Crippen molar-refractivity contribution in [3.05, 3.63) is 48.5 Å². The molecule has 0 radical (unpaired) electrons. The molecule has 0 unspecified atom stereocenters. The number of benzene rings is 2. The van der Waals surface area contributed by atoms with E-state index in [0.717, 1.165) is 34.9 Å². The van der Waals surface area contributed by atoms with Gasteiger partial charge in [0, 0.05) is 22.2 Å². The predicted octanol–water partition coefficient (Wildman–Crippen LogP) is 4.16. The Morgan fingerprint density at radius 2 is 1.85 bits per heavy atom. The number of hydrogen-bond donors (Lipinski definition) is 2. The fourth-order valence-electron chi connectivity index (χ4n) is 2.40. The average molecular weight is 370 g/mol. The predicted molar refractivity (Wildman–Crippen MR) is 105 cm³/mol. The monoisotopic (exact) mass is 370 g/mol. The summed E-state index contributed by atoms with van der Waals surface area (Å²) in [5.41, 5.74) is 1.52. The van der Waals surface area contributed by atoms with Crippen LogP contribution in [0.4, 0.5) is 11.4 Å². The van der Waals surface area contributed by atoms with Crippen molar-refractivity contribution in [2.75, 3.05) is 23.0 Å². The zero-order valence-corrected chi connectivity index (χ0v) is 15.5. The lowest BCUT2D eigenvalue weighted by atomic mass is 10.3. The molecule has 0 bridgehead atoms. The van der Waals surface area contributed by atoms with E-state index < -0.39 is 0 Å². The van der Waals surface area contributed by atoms with E-state index in [0.29, 0.717) is 12.4 Å². The van der Waals surface area contributed by atoms with Crippen LogP contribution < -0.4 is 15.4 Å². The number of nitrogens with one attached hydrogen (secondary N) is 2. The highest BCUT2D eigenvalue weighted by molar-refractivity contribution is 8.00. The van der Waals surface area contributed by atoms with Crippen molar-refractivity contribution in [2.45, 2.75) is 24.7 Å². The molecule has 2 amide bonds. The van der Waals surface area contributed by atoms with Crippen LogP contribution >= 0.6 is 11.8 Å². The standard InChI is InChI=1S/C20H22N2O3S/c1-2-25-17-10-8-15(9-11-17)21-19(23)13-26-18-5-3-4-16(12-18)22-20(24)14-6-7-14/h3-5,8-12,14H,2,6-7,13H2,1H3,(H,21,23)(H,22,24). The summed E-state index contributed by atoms with van der Waals surface area (Å²) in [6.07, 6.45) is 1.96. The molecule has 3 rings (SSSR count). The Morgan fingerprint density at radius 1 is 1.08 bits per heavy atom. The van der Waals surface area contributed by atoms with Crippen LogP contribution in [-0.2, 0) is 9.59 Å². The van der Waals surface area contributed by atoms with E-state index in [1.807, 2.05) is 55.5 Å². The van der Waals surface area contributed by atoms with Gasteiger partial charge >= 0.3 is 0 Å². The first kappa shape index (κ1) is 18.3. The van der Waals surface area contributed by atoms with E-state index in [9.17, 15) is 9.59 Å².